The van der Waals surface area contributed by atoms with Gasteiger partial charge in [-0.25, -0.2) is 9.97 Å². The first-order chi connectivity index (χ1) is 8.22. The molecule has 2 heterocycles. The fourth-order valence-electron chi connectivity index (χ4n) is 1.29. The van der Waals surface area contributed by atoms with Crippen molar-refractivity contribution in [2.45, 2.75) is 0 Å². The topological polar surface area (TPSA) is 88.5 Å². The first-order valence-corrected chi connectivity index (χ1v) is 4.69. The third-order valence-electron chi connectivity index (χ3n) is 2.02. The maximum atomic E-state index is 8.78. The maximum Gasteiger partial charge on any atom is 0.164 e. The summed E-state index contributed by atoms with van der Waals surface area (Å²) in [4.78, 5) is 12.1. The Hall–Kier alpha value is -2.92. The van der Waals surface area contributed by atoms with Crippen LogP contribution in [0.3, 0.4) is 0 Å². The average Bonchev–Trinajstić information content (AvgIpc) is 2.38. The Bertz CT molecular complexity index is 649. The molecule has 0 aromatic carbocycles. The Kier molecular flexibility index (Phi) is 2.68. The Morgan fingerprint density at radius 3 is 2.76 bits per heavy atom. The molecule has 0 bridgehead atoms. The number of nitrogens with zero attached hydrogens (tertiary/aromatic N) is 4. The van der Waals surface area contributed by atoms with Gasteiger partial charge in [0, 0.05) is 24.0 Å². The molecule has 0 atom stereocenters. The normalized spacial score (nSPS) is 9.29. The number of nitrogens with two attached hydrogens (primary N) is 1. The predicted octanol–water partition coefficient (Wildman–Crippen LogP) is 0.974. The van der Waals surface area contributed by atoms with Crippen molar-refractivity contribution in [1.82, 2.24) is 15.0 Å². The zero-order chi connectivity index (χ0) is 12.3. The van der Waals surface area contributed by atoms with E-state index >= 15 is 0 Å². The number of nitrogen functional groups attached to an aromatic ring is 1. The monoisotopic (exact) mass is 221 g/mol. The highest BCUT2D eigenvalue weighted by Gasteiger charge is 2.05. The minimum atomic E-state index is 0.283. The predicted molar refractivity (Wildman–Crippen MR) is 62.3 cm³/mol. The first-order valence-electron chi connectivity index (χ1n) is 4.69. The van der Waals surface area contributed by atoms with E-state index in [0.717, 1.165) is 0 Å². The van der Waals surface area contributed by atoms with Gasteiger partial charge >= 0.3 is 0 Å². The summed E-state index contributed by atoms with van der Waals surface area (Å²) in [5, 5.41) is 8.78. The van der Waals surface area contributed by atoms with Crippen molar-refractivity contribution in [3.05, 3.63) is 35.8 Å². The molecule has 0 aliphatic heterocycles. The van der Waals surface area contributed by atoms with Crippen LogP contribution in [0.4, 0.5) is 5.82 Å². The highest BCUT2D eigenvalue weighted by Crippen LogP contribution is 2.16. The Morgan fingerprint density at radius 2 is 2.06 bits per heavy atom. The number of nitriles is 1. The second-order valence-electron chi connectivity index (χ2n) is 3.22. The van der Waals surface area contributed by atoms with E-state index in [2.05, 4.69) is 20.9 Å². The molecule has 0 aliphatic carbocycles. The van der Waals surface area contributed by atoms with Crippen molar-refractivity contribution in [2.75, 3.05) is 5.73 Å². The van der Waals surface area contributed by atoms with E-state index in [0.29, 0.717) is 22.6 Å². The molecule has 2 rings (SSSR count). The summed E-state index contributed by atoms with van der Waals surface area (Å²) < 4.78 is 0. The highest BCUT2D eigenvalue weighted by atomic mass is 14.9. The van der Waals surface area contributed by atoms with Crippen LogP contribution in [-0.2, 0) is 0 Å². The lowest BCUT2D eigenvalue weighted by molar-refractivity contribution is 1.15. The molecule has 5 heteroatoms. The SMILES string of the molecule is C#Cc1cc(N)nc(-c2cncc(C#N)c2)n1. The summed E-state index contributed by atoms with van der Waals surface area (Å²) >= 11 is 0. The van der Waals surface area contributed by atoms with E-state index in [-0.39, 0.29) is 5.82 Å². The van der Waals surface area contributed by atoms with Crippen LogP contribution in [-0.4, -0.2) is 15.0 Å². The molecule has 0 radical (unpaired) electrons. The van der Waals surface area contributed by atoms with Crippen LogP contribution in [0.2, 0.25) is 0 Å². The van der Waals surface area contributed by atoms with Crippen molar-refractivity contribution in [1.29, 1.82) is 5.26 Å². The fraction of sp³-hybridized carbons (Fsp3) is 0. The summed E-state index contributed by atoms with van der Waals surface area (Å²) in [7, 11) is 0. The van der Waals surface area contributed by atoms with E-state index in [1.807, 2.05) is 6.07 Å². The van der Waals surface area contributed by atoms with Gasteiger partial charge in [0.05, 0.1) is 5.56 Å². The van der Waals surface area contributed by atoms with Crippen molar-refractivity contribution >= 4 is 5.82 Å². The van der Waals surface area contributed by atoms with Gasteiger partial charge in [0.2, 0.25) is 0 Å². The van der Waals surface area contributed by atoms with E-state index in [1.54, 1.807) is 12.3 Å². The molecule has 0 fully saturated rings. The molecule has 0 spiro atoms. The highest BCUT2D eigenvalue weighted by molar-refractivity contribution is 5.58. The van der Waals surface area contributed by atoms with Crippen LogP contribution < -0.4 is 5.73 Å². The molecule has 0 saturated heterocycles. The molecule has 0 saturated carbocycles. The van der Waals surface area contributed by atoms with Crippen LogP contribution in [0.5, 0.6) is 0 Å². The van der Waals surface area contributed by atoms with Gasteiger partial charge in [-0.3, -0.25) is 4.98 Å². The van der Waals surface area contributed by atoms with Gasteiger partial charge in [-0.1, -0.05) is 5.92 Å². The van der Waals surface area contributed by atoms with Crippen molar-refractivity contribution < 1.29 is 0 Å². The Balaban J connectivity index is 2.57. The van der Waals surface area contributed by atoms with Crippen LogP contribution in [0.1, 0.15) is 11.3 Å². The lowest BCUT2D eigenvalue weighted by atomic mass is 10.2. The number of hydrogen-bond acceptors (Lipinski definition) is 5. The molecule has 5 nitrogen and oxygen atoms in total. The lowest BCUT2D eigenvalue weighted by Crippen LogP contribution is -1.98. The third-order valence-corrected chi connectivity index (χ3v) is 2.02. The van der Waals surface area contributed by atoms with Crippen molar-refractivity contribution in [3.8, 4) is 29.8 Å². The summed E-state index contributed by atoms with van der Waals surface area (Å²) in [6, 6.07) is 5.12. The number of anilines is 1. The summed E-state index contributed by atoms with van der Waals surface area (Å²) in [6.45, 7) is 0. The van der Waals surface area contributed by atoms with Crippen molar-refractivity contribution in [3.63, 3.8) is 0 Å². The Labute approximate surface area is 98.0 Å². The fourth-order valence-corrected chi connectivity index (χ4v) is 1.29. The minimum Gasteiger partial charge on any atom is -0.384 e. The van der Waals surface area contributed by atoms with Crippen molar-refractivity contribution in [2.24, 2.45) is 0 Å². The molecule has 80 valence electrons. The van der Waals surface area contributed by atoms with Gasteiger partial charge in [-0.05, 0) is 6.07 Å². The van der Waals surface area contributed by atoms with Crippen LogP contribution >= 0.6 is 0 Å². The van der Waals surface area contributed by atoms with Gasteiger partial charge in [0.1, 0.15) is 17.6 Å². The standard InChI is InChI=1S/C12H7N5/c1-2-10-4-11(14)17-12(16-10)9-3-8(5-13)6-15-7-9/h1,3-4,6-7H,(H2,14,16,17). The van der Waals surface area contributed by atoms with Gasteiger partial charge in [0.25, 0.3) is 0 Å². The molecule has 0 amide bonds. The zero-order valence-electron chi connectivity index (χ0n) is 8.75. The minimum absolute atomic E-state index is 0.283. The molecular formula is C12H7N5. The molecular weight excluding hydrogens is 214 g/mol. The largest absolute Gasteiger partial charge is 0.384 e. The quantitative estimate of drug-likeness (QED) is 0.725. The molecule has 0 unspecified atom stereocenters. The van der Waals surface area contributed by atoms with E-state index < -0.39 is 0 Å². The first kappa shape index (κ1) is 10.6. The summed E-state index contributed by atoms with van der Waals surface area (Å²) in [5.74, 6) is 3.04. The summed E-state index contributed by atoms with van der Waals surface area (Å²) in [5.41, 5.74) is 7.04. The molecule has 0 aliphatic rings. The van der Waals surface area contributed by atoms with Gasteiger partial charge in [-0.15, -0.1) is 6.42 Å². The number of pyridine rings is 1. The Morgan fingerprint density at radius 1 is 1.24 bits per heavy atom. The molecule has 2 N–H and O–H groups in total. The van der Waals surface area contributed by atoms with Crippen LogP contribution in [0, 0.1) is 23.7 Å². The number of terminal acetylenes is 1. The lowest BCUT2D eigenvalue weighted by Gasteiger charge is -2.02. The third kappa shape index (κ3) is 2.19. The number of hydrogen-bond donors (Lipinski definition) is 1. The van der Waals surface area contributed by atoms with E-state index in [4.69, 9.17) is 17.4 Å². The van der Waals surface area contributed by atoms with Crippen LogP contribution in [0.25, 0.3) is 11.4 Å². The second-order valence-corrected chi connectivity index (χ2v) is 3.22. The van der Waals surface area contributed by atoms with Crippen LogP contribution in [0.15, 0.2) is 24.5 Å². The number of rotatable bonds is 1. The number of aromatic nitrogens is 3. The molecule has 2 aromatic heterocycles. The zero-order valence-corrected chi connectivity index (χ0v) is 8.75. The second kappa shape index (κ2) is 4.30. The van der Waals surface area contributed by atoms with Gasteiger partial charge < -0.3 is 5.73 Å². The smallest absolute Gasteiger partial charge is 0.164 e. The molecule has 2 aromatic rings. The van der Waals surface area contributed by atoms with E-state index in [9.17, 15) is 0 Å². The van der Waals surface area contributed by atoms with Gasteiger partial charge in [0.15, 0.2) is 5.82 Å². The van der Waals surface area contributed by atoms with E-state index in [1.165, 1.54) is 12.3 Å². The maximum absolute atomic E-state index is 8.78. The molecule has 17 heavy (non-hydrogen) atoms. The summed E-state index contributed by atoms with van der Waals surface area (Å²) in [6.07, 6.45) is 8.27. The van der Waals surface area contributed by atoms with Gasteiger partial charge in [-0.2, -0.15) is 5.26 Å². The average molecular weight is 221 g/mol.